The first-order chi connectivity index (χ1) is 14.3. The average Bonchev–Trinajstić information content (AvgIpc) is 2.75. The van der Waals surface area contributed by atoms with Gasteiger partial charge in [0.05, 0.1) is 7.11 Å². The Balaban J connectivity index is 2.09. The van der Waals surface area contributed by atoms with Crippen LogP contribution in [0.5, 0.6) is 0 Å². The van der Waals surface area contributed by atoms with Crippen molar-refractivity contribution < 1.29 is 9.53 Å². The lowest BCUT2D eigenvalue weighted by Crippen LogP contribution is -1.99. The van der Waals surface area contributed by atoms with Crippen molar-refractivity contribution in [1.29, 1.82) is 0 Å². The monoisotopic (exact) mass is 400 g/mol. The summed E-state index contributed by atoms with van der Waals surface area (Å²) in [6, 6.07) is 8.89. The van der Waals surface area contributed by atoms with E-state index in [-0.39, 0.29) is 5.97 Å². The number of hydrogen-bond acceptors (Lipinski definition) is 2. The fraction of sp³-hybridized carbons (Fsp3) is 0.667. The number of carbonyl (C=O) groups is 1. The molecule has 0 aliphatic heterocycles. The van der Waals surface area contributed by atoms with Crippen LogP contribution in [0.25, 0.3) is 6.08 Å². The van der Waals surface area contributed by atoms with Crippen molar-refractivity contribution in [2.75, 3.05) is 7.11 Å². The number of carbonyl (C=O) groups excluding carboxylic acids is 1. The van der Waals surface area contributed by atoms with E-state index in [1.165, 1.54) is 102 Å². The molecule has 0 atom stereocenters. The Kier molecular flexibility index (Phi) is 16.2. The minimum Gasteiger partial charge on any atom is -0.469 e. The summed E-state index contributed by atoms with van der Waals surface area (Å²) in [5.41, 5.74) is 2.91. The number of allylic oxidation sites excluding steroid dienone is 1. The third-order valence-corrected chi connectivity index (χ3v) is 5.63. The van der Waals surface area contributed by atoms with Crippen molar-refractivity contribution >= 4 is 12.0 Å². The van der Waals surface area contributed by atoms with Crippen LogP contribution >= 0.6 is 0 Å². The van der Waals surface area contributed by atoms with Crippen LogP contribution in [0, 0.1) is 0 Å². The molecule has 0 heterocycles. The highest BCUT2D eigenvalue weighted by Gasteiger charge is 2.00. The summed E-state index contributed by atoms with van der Waals surface area (Å²) < 4.78 is 4.66. The van der Waals surface area contributed by atoms with Crippen molar-refractivity contribution in [2.45, 2.75) is 110 Å². The summed E-state index contributed by atoms with van der Waals surface area (Å²) in [4.78, 5) is 11.0. The van der Waals surface area contributed by atoms with E-state index in [9.17, 15) is 4.79 Å². The van der Waals surface area contributed by atoms with E-state index in [4.69, 9.17) is 0 Å². The Morgan fingerprint density at radius 1 is 0.828 bits per heavy atom. The second kappa shape index (κ2) is 18.5. The third-order valence-electron chi connectivity index (χ3n) is 5.63. The van der Waals surface area contributed by atoms with Gasteiger partial charge in [0.15, 0.2) is 0 Å². The number of benzene rings is 1. The van der Waals surface area contributed by atoms with Crippen LogP contribution in [0.2, 0.25) is 0 Å². The van der Waals surface area contributed by atoms with E-state index in [1.807, 2.05) is 0 Å². The van der Waals surface area contributed by atoms with Crippen LogP contribution in [0.15, 0.2) is 30.3 Å². The van der Waals surface area contributed by atoms with Crippen molar-refractivity contribution in [3.8, 4) is 0 Å². The maximum atomic E-state index is 11.0. The van der Waals surface area contributed by atoms with E-state index < -0.39 is 0 Å². The molecule has 0 spiro atoms. The quantitative estimate of drug-likeness (QED) is 0.183. The van der Waals surface area contributed by atoms with Crippen LogP contribution in [0.3, 0.4) is 0 Å². The van der Waals surface area contributed by atoms with Crippen molar-refractivity contribution in [3.05, 3.63) is 41.5 Å². The molecule has 1 rings (SSSR count). The van der Waals surface area contributed by atoms with Gasteiger partial charge in [0, 0.05) is 6.42 Å². The molecule has 1 aromatic rings. The smallest absolute Gasteiger partial charge is 0.305 e. The summed E-state index contributed by atoms with van der Waals surface area (Å²) in [6.45, 7) is 2.28. The first-order valence-electron chi connectivity index (χ1n) is 12.1. The molecule has 0 fully saturated rings. The number of methoxy groups -OCH3 is 1. The lowest BCUT2D eigenvalue weighted by molar-refractivity contribution is -0.140. The Labute approximate surface area is 180 Å². The normalized spacial score (nSPS) is 11.2. The average molecular weight is 401 g/mol. The predicted molar refractivity (Wildman–Crippen MR) is 126 cm³/mol. The molecule has 29 heavy (non-hydrogen) atoms. The number of rotatable bonds is 18. The highest BCUT2D eigenvalue weighted by Crippen LogP contribution is 2.16. The predicted octanol–water partition coefficient (Wildman–Crippen LogP) is 8.29. The highest BCUT2D eigenvalue weighted by atomic mass is 16.5. The Morgan fingerprint density at radius 3 is 2.17 bits per heavy atom. The Bertz CT molecular complexity index is 547. The first-order valence-corrected chi connectivity index (χ1v) is 12.1. The van der Waals surface area contributed by atoms with Gasteiger partial charge < -0.3 is 4.74 Å². The van der Waals surface area contributed by atoms with Crippen LogP contribution in [-0.2, 0) is 16.0 Å². The molecule has 1 aromatic carbocycles. The maximum Gasteiger partial charge on any atom is 0.305 e. The van der Waals surface area contributed by atoms with Crippen LogP contribution in [-0.4, -0.2) is 13.1 Å². The van der Waals surface area contributed by atoms with E-state index >= 15 is 0 Å². The van der Waals surface area contributed by atoms with Crippen molar-refractivity contribution in [3.63, 3.8) is 0 Å². The zero-order valence-electron chi connectivity index (χ0n) is 19.1. The number of hydrogen-bond donors (Lipinski definition) is 0. The molecule has 0 saturated carbocycles. The molecule has 2 nitrogen and oxygen atoms in total. The zero-order valence-corrected chi connectivity index (χ0v) is 19.1. The van der Waals surface area contributed by atoms with Crippen molar-refractivity contribution in [1.82, 2.24) is 0 Å². The topological polar surface area (TPSA) is 26.3 Å². The summed E-state index contributed by atoms with van der Waals surface area (Å²) in [5, 5.41) is 0. The second-order valence-corrected chi connectivity index (χ2v) is 8.21. The fourth-order valence-electron chi connectivity index (χ4n) is 3.75. The van der Waals surface area contributed by atoms with Gasteiger partial charge in [-0.3, -0.25) is 4.79 Å². The zero-order chi connectivity index (χ0) is 21.0. The van der Waals surface area contributed by atoms with Gasteiger partial charge in [-0.25, -0.2) is 0 Å². The summed E-state index contributed by atoms with van der Waals surface area (Å²) in [5.74, 6) is -0.0784. The molecule has 2 heteroatoms. The Morgan fingerprint density at radius 2 is 1.45 bits per heavy atom. The van der Waals surface area contributed by atoms with Gasteiger partial charge in [0.1, 0.15) is 0 Å². The minimum atomic E-state index is -0.0784. The molecule has 0 bridgehead atoms. The standard InChI is InChI=1S/C27H44O2/c1-3-4-5-6-12-15-20-25-22-18-19-23-26(25)21-16-13-10-8-7-9-11-14-17-24-27(28)29-2/h16,18-19,21-23H,3-15,17,20,24H2,1-2H3/b21-16-. The maximum absolute atomic E-state index is 11.0. The number of ether oxygens (including phenoxy) is 1. The number of unbranched alkanes of at least 4 members (excludes halogenated alkanes) is 12. The second-order valence-electron chi connectivity index (χ2n) is 8.21. The van der Waals surface area contributed by atoms with Gasteiger partial charge in [-0.15, -0.1) is 0 Å². The van der Waals surface area contributed by atoms with Gasteiger partial charge in [0.25, 0.3) is 0 Å². The molecule has 0 radical (unpaired) electrons. The minimum absolute atomic E-state index is 0.0784. The van der Waals surface area contributed by atoms with Crippen LogP contribution in [0.1, 0.15) is 114 Å². The molecule has 0 aromatic heterocycles. The van der Waals surface area contributed by atoms with Crippen LogP contribution < -0.4 is 0 Å². The molecular weight excluding hydrogens is 356 g/mol. The molecule has 0 unspecified atom stereocenters. The van der Waals surface area contributed by atoms with Gasteiger partial charge in [-0.1, -0.05) is 108 Å². The van der Waals surface area contributed by atoms with E-state index in [1.54, 1.807) is 0 Å². The third kappa shape index (κ3) is 14.1. The highest BCUT2D eigenvalue weighted by molar-refractivity contribution is 5.68. The molecule has 0 saturated heterocycles. The van der Waals surface area contributed by atoms with Gasteiger partial charge in [-0.2, -0.15) is 0 Å². The molecule has 0 aliphatic rings. The molecule has 0 N–H and O–H groups in total. The molecule has 0 amide bonds. The molecule has 164 valence electrons. The van der Waals surface area contributed by atoms with E-state index in [2.05, 4.69) is 48.1 Å². The molecule has 0 aliphatic carbocycles. The summed E-state index contributed by atoms with van der Waals surface area (Å²) in [7, 11) is 1.46. The summed E-state index contributed by atoms with van der Waals surface area (Å²) in [6.07, 6.45) is 24.3. The summed E-state index contributed by atoms with van der Waals surface area (Å²) >= 11 is 0. The van der Waals surface area contributed by atoms with Gasteiger partial charge >= 0.3 is 5.97 Å². The lowest BCUT2D eigenvalue weighted by Gasteiger charge is -2.06. The number of aryl methyl sites for hydroxylation is 1. The van der Waals surface area contributed by atoms with Gasteiger partial charge in [-0.05, 0) is 43.2 Å². The van der Waals surface area contributed by atoms with E-state index in [0.717, 1.165) is 12.8 Å². The van der Waals surface area contributed by atoms with E-state index in [0.29, 0.717) is 6.42 Å². The first kappa shape index (κ1) is 25.5. The molecular formula is C27H44O2. The largest absolute Gasteiger partial charge is 0.469 e. The SMILES string of the molecule is CCCCCCCCc1ccccc1/C=C\CCCCCCCCCC(=O)OC. The fourth-order valence-corrected chi connectivity index (χ4v) is 3.75. The lowest BCUT2D eigenvalue weighted by atomic mass is 9.99. The Hall–Kier alpha value is -1.57. The van der Waals surface area contributed by atoms with Gasteiger partial charge in [0.2, 0.25) is 0 Å². The van der Waals surface area contributed by atoms with Crippen molar-refractivity contribution in [2.24, 2.45) is 0 Å². The van der Waals surface area contributed by atoms with Crippen LogP contribution in [0.4, 0.5) is 0 Å². The number of esters is 1.